The van der Waals surface area contributed by atoms with Crippen LogP contribution in [-0.2, 0) is 9.59 Å². The lowest BCUT2D eigenvalue weighted by molar-refractivity contribution is -0.137. The van der Waals surface area contributed by atoms with Gasteiger partial charge < -0.3 is 15.1 Å². The quantitative estimate of drug-likeness (QED) is 0.646. The Labute approximate surface area is 122 Å². The number of aliphatic carboxylic acids is 2. The minimum atomic E-state index is -0.849. The van der Waals surface area contributed by atoms with E-state index in [4.69, 9.17) is 10.2 Å². The number of nitrogens with zero attached hydrogens (tertiary/aromatic N) is 1. The molecule has 0 saturated carbocycles. The smallest absolute Gasteiger partial charge is 0.304 e. The van der Waals surface area contributed by atoms with Gasteiger partial charge in [-0.2, -0.15) is 0 Å². The van der Waals surface area contributed by atoms with Crippen molar-refractivity contribution >= 4 is 11.9 Å². The number of carbonyl (C=O) groups is 2. The standard InChI is InChI=1S/C15H29NO4/c1-6-14(2,3)15(4,5)11-16(9-7-12(17)18)10-8-13(19)20/h6-11H2,1-5H3,(H,17,18)(H,19,20). The Morgan fingerprint density at radius 1 is 0.900 bits per heavy atom. The van der Waals surface area contributed by atoms with E-state index >= 15 is 0 Å². The zero-order valence-electron chi connectivity index (χ0n) is 13.4. The van der Waals surface area contributed by atoms with Crippen molar-refractivity contribution in [1.29, 1.82) is 0 Å². The van der Waals surface area contributed by atoms with E-state index in [9.17, 15) is 9.59 Å². The van der Waals surface area contributed by atoms with E-state index in [0.29, 0.717) is 19.6 Å². The summed E-state index contributed by atoms with van der Waals surface area (Å²) >= 11 is 0. The van der Waals surface area contributed by atoms with E-state index in [2.05, 4.69) is 34.6 Å². The van der Waals surface area contributed by atoms with Crippen molar-refractivity contribution in [2.45, 2.75) is 53.9 Å². The first-order valence-corrected chi connectivity index (χ1v) is 7.18. The molecule has 0 heterocycles. The molecular formula is C15H29NO4. The van der Waals surface area contributed by atoms with Gasteiger partial charge in [-0.05, 0) is 10.8 Å². The van der Waals surface area contributed by atoms with E-state index < -0.39 is 11.9 Å². The summed E-state index contributed by atoms with van der Waals surface area (Å²) in [5, 5.41) is 17.6. The van der Waals surface area contributed by atoms with Gasteiger partial charge in [0.25, 0.3) is 0 Å². The molecule has 0 unspecified atom stereocenters. The summed E-state index contributed by atoms with van der Waals surface area (Å²) in [5.41, 5.74) is 0.0937. The van der Waals surface area contributed by atoms with Crippen LogP contribution in [0.1, 0.15) is 53.9 Å². The Kier molecular flexibility index (Phi) is 7.20. The topological polar surface area (TPSA) is 77.8 Å². The summed E-state index contributed by atoms with van der Waals surface area (Å²) in [4.78, 5) is 23.4. The van der Waals surface area contributed by atoms with Gasteiger partial charge in [0.1, 0.15) is 0 Å². The van der Waals surface area contributed by atoms with Crippen LogP contribution in [0.5, 0.6) is 0 Å². The van der Waals surface area contributed by atoms with Crippen molar-refractivity contribution in [3.63, 3.8) is 0 Å². The molecule has 0 rings (SSSR count). The molecule has 0 bridgehead atoms. The Morgan fingerprint density at radius 2 is 1.30 bits per heavy atom. The Balaban J connectivity index is 4.76. The zero-order valence-corrected chi connectivity index (χ0v) is 13.4. The molecule has 0 aliphatic rings. The molecule has 0 spiro atoms. The Bertz CT molecular complexity index is 319. The van der Waals surface area contributed by atoms with E-state index in [1.165, 1.54) is 0 Å². The van der Waals surface area contributed by atoms with Crippen LogP contribution in [0.3, 0.4) is 0 Å². The lowest BCUT2D eigenvalue weighted by atomic mass is 9.66. The molecule has 0 aromatic rings. The molecule has 2 N–H and O–H groups in total. The van der Waals surface area contributed by atoms with Crippen LogP contribution in [0, 0.1) is 10.8 Å². The van der Waals surface area contributed by atoms with Gasteiger partial charge in [0.15, 0.2) is 0 Å². The van der Waals surface area contributed by atoms with Crippen LogP contribution >= 0.6 is 0 Å². The average Bonchev–Trinajstić information content (AvgIpc) is 2.31. The second-order valence-electron chi connectivity index (χ2n) is 6.68. The molecule has 0 aliphatic heterocycles. The molecule has 0 fully saturated rings. The molecule has 0 aromatic heterocycles. The molecule has 118 valence electrons. The van der Waals surface area contributed by atoms with Crippen LogP contribution in [0.15, 0.2) is 0 Å². The monoisotopic (exact) mass is 287 g/mol. The summed E-state index contributed by atoms with van der Waals surface area (Å²) in [6, 6.07) is 0. The predicted molar refractivity (Wildman–Crippen MR) is 78.8 cm³/mol. The second kappa shape index (κ2) is 7.62. The van der Waals surface area contributed by atoms with Crippen LogP contribution in [0.25, 0.3) is 0 Å². The number of carboxylic acid groups (broad SMARTS) is 2. The van der Waals surface area contributed by atoms with Crippen LogP contribution < -0.4 is 0 Å². The Morgan fingerprint density at radius 3 is 1.60 bits per heavy atom. The lowest BCUT2D eigenvalue weighted by Gasteiger charge is -2.44. The molecule has 5 heteroatoms. The molecule has 0 radical (unpaired) electrons. The summed E-state index contributed by atoms with van der Waals surface area (Å²) in [6.07, 6.45) is 1.11. The minimum Gasteiger partial charge on any atom is -0.481 e. The van der Waals surface area contributed by atoms with Crippen molar-refractivity contribution in [3.05, 3.63) is 0 Å². The Hall–Kier alpha value is -1.10. The highest BCUT2D eigenvalue weighted by atomic mass is 16.4. The molecule has 0 atom stereocenters. The summed E-state index contributed by atoms with van der Waals surface area (Å²) in [6.45, 7) is 12.3. The average molecular weight is 287 g/mol. The van der Waals surface area contributed by atoms with E-state index in [1.807, 2.05) is 4.90 Å². The molecule has 0 aliphatic carbocycles. The van der Waals surface area contributed by atoms with Gasteiger partial charge in [0.05, 0.1) is 12.8 Å². The molecular weight excluding hydrogens is 258 g/mol. The summed E-state index contributed by atoms with van der Waals surface area (Å²) in [7, 11) is 0. The van der Waals surface area contributed by atoms with Crippen molar-refractivity contribution in [2.75, 3.05) is 19.6 Å². The summed E-state index contributed by atoms with van der Waals surface area (Å²) in [5.74, 6) is -1.70. The van der Waals surface area contributed by atoms with Crippen molar-refractivity contribution in [1.82, 2.24) is 4.90 Å². The predicted octanol–water partition coefficient (Wildman–Crippen LogP) is 2.70. The maximum Gasteiger partial charge on any atom is 0.304 e. The fourth-order valence-corrected chi connectivity index (χ4v) is 2.03. The van der Waals surface area contributed by atoms with E-state index in [-0.39, 0.29) is 23.7 Å². The van der Waals surface area contributed by atoms with Gasteiger partial charge in [0, 0.05) is 19.6 Å². The first-order chi connectivity index (χ1) is 9.01. The highest BCUT2D eigenvalue weighted by Gasteiger charge is 2.36. The number of carboxylic acids is 2. The fourth-order valence-electron chi connectivity index (χ4n) is 2.03. The van der Waals surface area contributed by atoms with E-state index in [1.54, 1.807) is 0 Å². The highest BCUT2D eigenvalue weighted by molar-refractivity contribution is 5.67. The highest BCUT2D eigenvalue weighted by Crippen LogP contribution is 2.41. The lowest BCUT2D eigenvalue weighted by Crippen LogP contribution is -2.44. The van der Waals surface area contributed by atoms with Gasteiger partial charge >= 0.3 is 11.9 Å². The SMILES string of the molecule is CCC(C)(C)C(C)(C)CN(CCC(=O)O)CCC(=O)O. The van der Waals surface area contributed by atoms with E-state index in [0.717, 1.165) is 6.42 Å². The molecule has 0 amide bonds. The molecule has 5 nitrogen and oxygen atoms in total. The van der Waals surface area contributed by atoms with Crippen LogP contribution in [0.2, 0.25) is 0 Å². The third kappa shape index (κ3) is 6.37. The number of rotatable bonds is 10. The van der Waals surface area contributed by atoms with Crippen molar-refractivity contribution in [2.24, 2.45) is 10.8 Å². The molecule has 20 heavy (non-hydrogen) atoms. The number of hydrogen-bond acceptors (Lipinski definition) is 3. The van der Waals surface area contributed by atoms with Crippen molar-refractivity contribution in [3.8, 4) is 0 Å². The van der Waals surface area contributed by atoms with Gasteiger partial charge in [0.2, 0.25) is 0 Å². The second-order valence-corrected chi connectivity index (χ2v) is 6.68. The molecule has 0 saturated heterocycles. The first kappa shape index (κ1) is 18.9. The molecule has 0 aromatic carbocycles. The largest absolute Gasteiger partial charge is 0.481 e. The number of hydrogen-bond donors (Lipinski definition) is 2. The zero-order chi connectivity index (χ0) is 16.0. The summed E-state index contributed by atoms with van der Waals surface area (Å²) < 4.78 is 0. The maximum absolute atomic E-state index is 10.7. The fraction of sp³-hybridized carbons (Fsp3) is 0.867. The normalized spacial score (nSPS) is 12.7. The van der Waals surface area contributed by atoms with Crippen LogP contribution in [0.4, 0.5) is 0 Å². The van der Waals surface area contributed by atoms with Gasteiger partial charge in [-0.1, -0.05) is 41.0 Å². The maximum atomic E-state index is 10.7. The van der Waals surface area contributed by atoms with Gasteiger partial charge in [-0.3, -0.25) is 9.59 Å². The van der Waals surface area contributed by atoms with Gasteiger partial charge in [-0.15, -0.1) is 0 Å². The third-order valence-electron chi connectivity index (χ3n) is 4.62. The minimum absolute atomic E-state index is 0.0151. The van der Waals surface area contributed by atoms with Gasteiger partial charge in [-0.25, -0.2) is 0 Å². The van der Waals surface area contributed by atoms with Crippen molar-refractivity contribution < 1.29 is 19.8 Å². The third-order valence-corrected chi connectivity index (χ3v) is 4.62. The first-order valence-electron chi connectivity index (χ1n) is 7.18. The van der Waals surface area contributed by atoms with Crippen LogP contribution in [-0.4, -0.2) is 46.7 Å².